The first-order chi connectivity index (χ1) is 21.4. The minimum Gasteiger partial charge on any atom is -0.478 e. The lowest BCUT2D eigenvalue weighted by molar-refractivity contribution is -0.133. The topological polar surface area (TPSA) is 314 Å². The van der Waals surface area contributed by atoms with E-state index in [4.69, 9.17) is 66.4 Å². The molecule has 0 aliphatic heterocycles. The quantitative estimate of drug-likeness (QED) is 0.0968. The summed E-state index contributed by atoms with van der Waals surface area (Å²) in [6.45, 7) is 21.7. The molecule has 13 N–H and O–H groups in total. The lowest BCUT2D eigenvalue weighted by atomic mass is 10.3. The molecule has 0 aromatic rings. The molecule has 0 atom stereocenters. The Morgan fingerprint density at radius 2 is 0.574 bits per heavy atom. The third-order valence-corrected chi connectivity index (χ3v) is 3.64. The van der Waals surface area contributed by atoms with Crippen LogP contribution in [0.2, 0.25) is 0 Å². The third kappa shape index (κ3) is 149. The normalized spacial score (nSPS) is 8.98. The highest BCUT2D eigenvalue weighted by atomic mass is 16.5. The van der Waals surface area contributed by atoms with Crippen molar-refractivity contribution >= 4 is 17.9 Å². The zero-order valence-corrected chi connectivity index (χ0v) is 29.2. The smallest absolute Gasteiger partial charge is 0.330 e. The van der Waals surface area contributed by atoms with E-state index in [0.717, 1.165) is 38.2 Å². The Balaban J connectivity index is -0.0000000617. The summed E-state index contributed by atoms with van der Waals surface area (Å²) in [6, 6.07) is 0. The van der Waals surface area contributed by atoms with Crippen molar-refractivity contribution in [1.82, 2.24) is 0 Å². The number of aliphatic hydroxyl groups is 10. The number of carboxylic acid groups (broad SMARTS) is 3. The highest BCUT2D eigenvalue weighted by Crippen LogP contribution is 1.90. The van der Waals surface area contributed by atoms with Crippen molar-refractivity contribution in [3.63, 3.8) is 0 Å². The van der Waals surface area contributed by atoms with E-state index < -0.39 is 49.4 Å². The standard InChI is InChI=1S/2C4H6O2.5C4H10O2.C3H4O2/c2*1-3(2)4(5)6;5*1-2-3-4(5)6;1-2-3(4)5/h2*1H2,2H3,(H,5,6);5*4-6H,2-3H2,1H3;2H,1H2,(H,4,5). The van der Waals surface area contributed by atoms with E-state index in [1.807, 2.05) is 34.6 Å². The maximum absolute atomic E-state index is 9.60. The van der Waals surface area contributed by atoms with Crippen molar-refractivity contribution in [2.75, 3.05) is 0 Å². The molecule has 0 radical (unpaired) electrons. The predicted molar refractivity (Wildman–Crippen MR) is 178 cm³/mol. The molecule has 286 valence electrons. The molecule has 16 heteroatoms. The van der Waals surface area contributed by atoms with E-state index in [1.54, 1.807) is 0 Å². The van der Waals surface area contributed by atoms with Crippen LogP contribution in [0, 0.1) is 0 Å². The van der Waals surface area contributed by atoms with E-state index >= 15 is 0 Å². The van der Waals surface area contributed by atoms with Gasteiger partial charge in [-0.2, -0.15) is 0 Å². The summed E-state index contributed by atoms with van der Waals surface area (Å²) in [5, 5.41) is 104. The molecule has 16 nitrogen and oxygen atoms in total. The zero-order chi connectivity index (χ0) is 39.6. The molecule has 0 saturated heterocycles. The Morgan fingerprint density at radius 3 is 0.574 bits per heavy atom. The van der Waals surface area contributed by atoms with Crippen LogP contribution in [-0.2, 0) is 14.4 Å². The Bertz CT molecular complexity index is 585. The molecule has 0 aromatic heterocycles. The zero-order valence-electron chi connectivity index (χ0n) is 29.2. The van der Waals surface area contributed by atoms with Crippen molar-refractivity contribution in [2.24, 2.45) is 0 Å². The molecule has 0 spiro atoms. The minimum absolute atomic E-state index is 0.176. The number of carbonyl (C=O) groups is 3. The maximum atomic E-state index is 9.60. The van der Waals surface area contributed by atoms with Crippen LogP contribution >= 0.6 is 0 Å². The van der Waals surface area contributed by atoms with Crippen LogP contribution in [0.1, 0.15) is 113 Å². The lowest BCUT2D eigenvalue weighted by Crippen LogP contribution is -2.01. The second-order valence-corrected chi connectivity index (χ2v) is 9.06. The van der Waals surface area contributed by atoms with Crippen molar-refractivity contribution < 1.29 is 80.8 Å². The number of hydrogen-bond acceptors (Lipinski definition) is 13. The molecule has 0 fully saturated rings. The molecule has 0 aliphatic carbocycles. The Morgan fingerprint density at radius 1 is 0.468 bits per heavy atom. The van der Waals surface area contributed by atoms with Crippen molar-refractivity contribution in [3.05, 3.63) is 37.0 Å². The van der Waals surface area contributed by atoms with E-state index in [9.17, 15) is 14.4 Å². The molecule has 0 heterocycles. The van der Waals surface area contributed by atoms with Gasteiger partial charge in [0.2, 0.25) is 0 Å². The summed E-state index contributed by atoms with van der Waals surface area (Å²) in [5.41, 5.74) is 0.352. The highest BCUT2D eigenvalue weighted by molar-refractivity contribution is 5.85. The maximum Gasteiger partial charge on any atom is 0.330 e. The summed E-state index contributed by atoms with van der Waals surface area (Å²) in [4.78, 5) is 28.4. The van der Waals surface area contributed by atoms with Crippen LogP contribution in [-0.4, -0.2) is 116 Å². The number of aliphatic hydroxyl groups excluding tert-OH is 5. The molecule has 0 saturated carbocycles. The van der Waals surface area contributed by atoms with Gasteiger partial charge in [-0.15, -0.1) is 0 Å². The van der Waals surface area contributed by atoms with Gasteiger partial charge >= 0.3 is 17.9 Å². The van der Waals surface area contributed by atoms with Gasteiger partial charge in [0.05, 0.1) is 0 Å². The van der Waals surface area contributed by atoms with Crippen molar-refractivity contribution in [1.29, 1.82) is 0 Å². The van der Waals surface area contributed by atoms with Crippen molar-refractivity contribution in [3.8, 4) is 0 Å². The summed E-state index contributed by atoms with van der Waals surface area (Å²) in [7, 11) is 0. The first kappa shape index (κ1) is 63.0. The molecule has 0 bridgehead atoms. The average Bonchev–Trinajstić information content (AvgIpc) is 2.90. The fourth-order valence-electron chi connectivity index (χ4n) is 1.29. The lowest BCUT2D eigenvalue weighted by Gasteiger charge is -1.94. The minimum atomic E-state index is -1.10. The fourth-order valence-corrected chi connectivity index (χ4v) is 1.29. The van der Waals surface area contributed by atoms with Crippen LogP contribution in [0.3, 0.4) is 0 Å². The van der Waals surface area contributed by atoms with Crippen LogP contribution in [0.4, 0.5) is 0 Å². The van der Waals surface area contributed by atoms with Crippen molar-refractivity contribution in [2.45, 2.75) is 144 Å². The van der Waals surface area contributed by atoms with Crippen LogP contribution in [0.15, 0.2) is 37.0 Å². The first-order valence-electron chi connectivity index (χ1n) is 14.8. The molecular formula is C31H66O16. The van der Waals surface area contributed by atoms with Gasteiger partial charge in [-0.25, -0.2) is 14.4 Å². The van der Waals surface area contributed by atoms with E-state index in [0.29, 0.717) is 32.1 Å². The summed E-state index contributed by atoms with van der Waals surface area (Å²) in [5.74, 6) is -2.85. The largest absolute Gasteiger partial charge is 0.478 e. The third-order valence-electron chi connectivity index (χ3n) is 3.64. The fraction of sp³-hybridized carbons (Fsp3) is 0.710. The van der Waals surface area contributed by atoms with Gasteiger partial charge in [-0.3, -0.25) is 0 Å². The van der Waals surface area contributed by atoms with E-state index in [1.165, 1.54) is 13.8 Å². The molecule has 0 amide bonds. The van der Waals surface area contributed by atoms with E-state index in [2.05, 4.69) is 19.7 Å². The van der Waals surface area contributed by atoms with Gasteiger partial charge in [0.1, 0.15) is 0 Å². The number of hydrogen-bond donors (Lipinski definition) is 13. The van der Waals surface area contributed by atoms with Crippen LogP contribution in [0.25, 0.3) is 0 Å². The monoisotopic (exact) mass is 694 g/mol. The number of rotatable bonds is 13. The number of aliphatic carboxylic acids is 3. The van der Waals surface area contributed by atoms with Gasteiger partial charge in [0, 0.05) is 17.2 Å². The Kier molecular flexibility index (Phi) is 70.7. The number of carboxylic acids is 3. The van der Waals surface area contributed by atoms with Gasteiger partial charge in [0.25, 0.3) is 0 Å². The van der Waals surface area contributed by atoms with Gasteiger partial charge in [-0.1, -0.05) is 86.5 Å². The highest BCUT2D eigenvalue weighted by Gasteiger charge is 1.92. The predicted octanol–water partition coefficient (Wildman–Crippen LogP) is 2.04. The molecule has 0 unspecified atom stereocenters. The second kappa shape index (κ2) is 52.7. The van der Waals surface area contributed by atoms with Gasteiger partial charge < -0.3 is 66.4 Å². The summed E-state index contributed by atoms with van der Waals surface area (Å²) < 4.78 is 0. The molecule has 0 rings (SSSR count). The Hall–Kier alpha value is -2.77. The van der Waals surface area contributed by atoms with Crippen LogP contribution < -0.4 is 0 Å². The van der Waals surface area contributed by atoms with Crippen LogP contribution in [0.5, 0.6) is 0 Å². The first-order valence-corrected chi connectivity index (χ1v) is 14.8. The van der Waals surface area contributed by atoms with Gasteiger partial charge in [-0.05, 0) is 46.0 Å². The SMILES string of the molecule is C=C(C)C(=O)O.C=C(C)C(=O)O.C=CC(=O)O.CCCC(O)O.CCCC(O)O.CCCC(O)O.CCCC(O)O.CCCC(O)O. The molecule has 0 aromatic carbocycles. The average molecular weight is 695 g/mol. The summed E-state index contributed by atoms with van der Waals surface area (Å²) in [6.07, 6.45) is 1.91. The molecule has 47 heavy (non-hydrogen) atoms. The Labute approximate surface area is 279 Å². The molecular weight excluding hydrogens is 628 g/mol. The van der Waals surface area contributed by atoms with E-state index in [-0.39, 0.29) is 11.1 Å². The van der Waals surface area contributed by atoms with Gasteiger partial charge in [0.15, 0.2) is 31.5 Å². The summed E-state index contributed by atoms with van der Waals surface area (Å²) >= 11 is 0. The molecule has 0 aliphatic rings. The second-order valence-electron chi connectivity index (χ2n) is 9.06.